The van der Waals surface area contributed by atoms with Crippen LogP contribution in [0.3, 0.4) is 0 Å². The summed E-state index contributed by atoms with van der Waals surface area (Å²) in [5.41, 5.74) is -0.479. The Morgan fingerprint density at radius 2 is 1.56 bits per heavy atom. The Kier molecular flexibility index (Phi) is 2.64. The van der Waals surface area contributed by atoms with Crippen LogP contribution < -0.4 is 0 Å². The van der Waals surface area contributed by atoms with E-state index in [4.69, 9.17) is 0 Å². The third-order valence-electron chi connectivity index (χ3n) is 2.08. The second kappa shape index (κ2) is 3.96. The first-order valence-corrected chi connectivity index (χ1v) is 4.40. The molecule has 0 amide bonds. The molecule has 0 aliphatic heterocycles. The van der Waals surface area contributed by atoms with Gasteiger partial charge in [0.1, 0.15) is 23.3 Å². The van der Waals surface area contributed by atoms with Crippen molar-refractivity contribution in [1.82, 2.24) is 0 Å². The predicted molar refractivity (Wildman–Crippen MR) is 50.5 cm³/mol. The minimum atomic E-state index is -1.05. The molecule has 0 aliphatic carbocycles. The normalized spacial score (nSPS) is 10.5. The zero-order valence-corrected chi connectivity index (χ0v) is 7.90. The van der Waals surface area contributed by atoms with E-state index in [0.29, 0.717) is 0 Å². The smallest absolute Gasteiger partial charge is 0.142 e. The molecule has 0 atom stereocenters. The molecule has 0 unspecified atom stereocenters. The van der Waals surface area contributed by atoms with Crippen molar-refractivity contribution in [3.8, 4) is 11.1 Å². The number of halogens is 4. The van der Waals surface area contributed by atoms with E-state index in [9.17, 15) is 17.6 Å². The second-order valence-corrected chi connectivity index (χ2v) is 3.16. The van der Waals surface area contributed by atoms with Crippen molar-refractivity contribution in [3.05, 3.63) is 59.7 Å². The minimum absolute atomic E-state index is 0.224. The summed E-state index contributed by atoms with van der Waals surface area (Å²) < 4.78 is 52.0. The van der Waals surface area contributed by atoms with Crippen LogP contribution in [-0.2, 0) is 0 Å². The lowest BCUT2D eigenvalue weighted by atomic mass is 10.0. The molecule has 0 fully saturated rings. The Labute approximate surface area is 89.2 Å². The summed E-state index contributed by atoms with van der Waals surface area (Å²) in [4.78, 5) is 0. The molecule has 0 saturated heterocycles. The Morgan fingerprint density at radius 1 is 0.812 bits per heavy atom. The summed E-state index contributed by atoms with van der Waals surface area (Å²) in [6.07, 6.45) is 0. The maximum absolute atomic E-state index is 13.3. The molecule has 0 saturated carbocycles. The Morgan fingerprint density at radius 3 is 2.25 bits per heavy atom. The third-order valence-corrected chi connectivity index (χ3v) is 2.08. The van der Waals surface area contributed by atoms with Gasteiger partial charge in [-0.25, -0.2) is 17.6 Å². The van der Waals surface area contributed by atoms with Gasteiger partial charge in [-0.2, -0.15) is 0 Å². The van der Waals surface area contributed by atoms with E-state index < -0.39 is 23.3 Å². The van der Waals surface area contributed by atoms with Gasteiger partial charge in [0.05, 0.1) is 6.07 Å². The zero-order chi connectivity index (χ0) is 11.7. The van der Waals surface area contributed by atoms with E-state index in [1.165, 1.54) is 0 Å². The molecule has 0 N–H and O–H groups in total. The Hall–Kier alpha value is -1.84. The van der Waals surface area contributed by atoms with Gasteiger partial charge >= 0.3 is 0 Å². The molecule has 1 radical (unpaired) electrons. The highest BCUT2D eigenvalue weighted by molar-refractivity contribution is 5.64. The topological polar surface area (TPSA) is 0 Å². The van der Waals surface area contributed by atoms with Crippen molar-refractivity contribution < 1.29 is 17.6 Å². The van der Waals surface area contributed by atoms with Crippen molar-refractivity contribution in [2.45, 2.75) is 0 Å². The van der Waals surface area contributed by atoms with Crippen LogP contribution in [0.5, 0.6) is 0 Å². The summed E-state index contributed by atoms with van der Waals surface area (Å²) in [5, 5.41) is 0. The van der Waals surface area contributed by atoms with Crippen LogP contribution in [0.4, 0.5) is 17.6 Å². The molecule has 4 heteroatoms. The predicted octanol–water partition coefficient (Wildman–Crippen LogP) is 3.71. The SMILES string of the molecule is Fc1[c]c(F)c(-c2cc(F)ccc2F)cc1. The van der Waals surface area contributed by atoms with Crippen molar-refractivity contribution >= 4 is 0 Å². The summed E-state index contributed by atoms with van der Waals surface area (Å²) in [6, 6.07) is 6.39. The molecule has 2 aromatic rings. The summed E-state index contributed by atoms with van der Waals surface area (Å²) in [5.74, 6) is -3.41. The monoisotopic (exact) mass is 225 g/mol. The minimum Gasteiger partial charge on any atom is -0.207 e. The maximum Gasteiger partial charge on any atom is 0.142 e. The van der Waals surface area contributed by atoms with Gasteiger partial charge in [0.2, 0.25) is 0 Å². The van der Waals surface area contributed by atoms with Crippen LogP contribution in [0.1, 0.15) is 0 Å². The van der Waals surface area contributed by atoms with E-state index in [-0.39, 0.29) is 11.1 Å². The number of benzene rings is 2. The fourth-order valence-corrected chi connectivity index (χ4v) is 1.36. The molecule has 0 nitrogen and oxygen atoms in total. The molecule has 0 aliphatic rings. The molecule has 2 rings (SSSR count). The largest absolute Gasteiger partial charge is 0.207 e. The van der Waals surface area contributed by atoms with Crippen LogP contribution in [0.2, 0.25) is 0 Å². The van der Waals surface area contributed by atoms with Crippen LogP contribution in [-0.4, -0.2) is 0 Å². The first kappa shape index (κ1) is 10.7. The summed E-state index contributed by atoms with van der Waals surface area (Å²) >= 11 is 0. The van der Waals surface area contributed by atoms with E-state index in [2.05, 4.69) is 0 Å². The standard InChI is InChI=1S/C12H5F4/c13-7-2-4-11(15)10(5-7)9-3-1-8(14)6-12(9)16/h1-5H. The van der Waals surface area contributed by atoms with E-state index in [1.807, 2.05) is 0 Å². The van der Waals surface area contributed by atoms with Gasteiger partial charge in [-0.1, -0.05) is 0 Å². The first-order chi connectivity index (χ1) is 7.58. The molecular formula is C12H5F4. The van der Waals surface area contributed by atoms with Crippen LogP contribution in [0, 0.1) is 29.3 Å². The molecular weight excluding hydrogens is 220 g/mol. The lowest BCUT2D eigenvalue weighted by Gasteiger charge is -2.04. The van der Waals surface area contributed by atoms with Crippen LogP contribution in [0.25, 0.3) is 11.1 Å². The van der Waals surface area contributed by atoms with Gasteiger partial charge in [0, 0.05) is 11.1 Å². The van der Waals surface area contributed by atoms with Crippen LogP contribution >= 0.6 is 0 Å². The number of hydrogen-bond donors (Lipinski definition) is 0. The Bertz CT molecular complexity index is 535. The van der Waals surface area contributed by atoms with E-state index in [0.717, 1.165) is 30.3 Å². The molecule has 16 heavy (non-hydrogen) atoms. The molecule has 0 heterocycles. The average molecular weight is 225 g/mol. The lowest BCUT2D eigenvalue weighted by molar-refractivity contribution is 0.577. The molecule has 0 aromatic heterocycles. The van der Waals surface area contributed by atoms with Gasteiger partial charge < -0.3 is 0 Å². The van der Waals surface area contributed by atoms with Gasteiger partial charge in [-0.05, 0) is 30.3 Å². The fraction of sp³-hybridized carbons (Fsp3) is 0. The highest BCUT2D eigenvalue weighted by atomic mass is 19.1. The Balaban J connectivity index is 2.62. The molecule has 81 valence electrons. The number of rotatable bonds is 1. The first-order valence-electron chi connectivity index (χ1n) is 4.40. The number of hydrogen-bond acceptors (Lipinski definition) is 0. The van der Waals surface area contributed by atoms with Crippen molar-refractivity contribution in [2.24, 2.45) is 0 Å². The lowest BCUT2D eigenvalue weighted by Crippen LogP contribution is -1.91. The summed E-state index contributed by atoms with van der Waals surface area (Å²) in [7, 11) is 0. The highest BCUT2D eigenvalue weighted by Gasteiger charge is 2.12. The average Bonchev–Trinajstić information content (AvgIpc) is 2.22. The van der Waals surface area contributed by atoms with E-state index >= 15 is 0 Å². The quantitative estimate of drug-likeness (QED) is 0.649. The van der Waals surface area contributed by atoms with Crippen molar-refractivity contribution in [2.75, 3.05) is 0 Å². The molecule has 0 spiro atoms. The zero-order valence-electron chi connectivity index (χ0n) is 7.90. The van der Waals surface area contributed by atoms with Gasteiger partial charge in [-0.3, -0.25) is 0 Å². The molecule has 0 bridgehead atoms. The van der Waals surface area contributed by atoms with Crippen molar-refractivity contribution in [3.63, 3.8) is 0 Å². The third kappa shape index (κ3) is 1.91. The van der Waals surface area contributed by atoms with Crippen molar-refractivity contribution in [1.29, 1.82) is 0 Å². The van der Waals surface area contributed by atoms with Gasteiger partial charge in [-0.15, -0.1) is 0 Å². The van der Waals surface area contributed by atoms with Crippen LogP contribution in [0.15, 0.2) is 30.3 Å². The second-order valence-electron chi connectivity index (χ2n) is 3.16. The maximum atomic E-state index is 13.3. The summed E-state index contributed by atoms with van der Waals surface area (Å²) in [6.45, 7) is 0. The highest BCUT2D eigenvalue weighted by Crippen LogP contribution is 2.26. The fourth-order valence-electron chi connectivity index (χ4n) is 1.36. The van der Waals surface area contributed by atoms with Gasteiger partial charge in [0.15, 0.2) is 0 Å². The van der Waals surface area contributed by atoms with Gasteiger partial charge in [0.25, 0.3) is 0 Å². The molecule has 2 aromatic carbocycles. The van der Waals surface area contributed by atoms with E-state index in [1.54, 1.807) is 6.07 Å².